The standard InChI is InChI=1S/C29H29FN6O2/c1-19-4-9-23-14-24(29(37)31-28(23)20(19)2)17-35(15-21-5-10-25(30)11-6-21)18-27-32-33-34-36(27)16-22-7-12-26(38-3)13-8-22/h4-14H,15-18H2,1-3H3,(H,31,37). The number of aryl methyl sites for hydroxylation is 2. The first-order valence-electron chi connectivity index (χ1n) is 12.4. The monoisotopic (exact) mass is 512 g/mol. The molecule has 0 unspecified atom stereocenters. The molecule has 3 aromatic carbocycles. The van der Waals surface area contributed by atoms with Gasteiger partial charge in [-0.05, 0) is 82.2 Å². The molecule has 0 spiro atoms. The van der Waals surface area contributed by atoms with Gasteiger partial charge in [0, 0.05) is 18.7 Å². The van der Waals surface area contributed by atoms with Gasteiger partial charge in [-0.15, -0.1) is 5.10 Å². The number of ether oxygens (including phenoxy) is 1. The lowest BCUT2D eigenvalue weighted by Gasteiger charge is -2.22. The lowest BCUT2D eigenvalue weighted by Crippen LogP contribution is -2.28. The molecule has 5 rings (SSSR count). The Morgan fingerprint density at radius 1 is 0.947 bits per heavy atom. The van der Waals surface area contributed by atoms with Gasteiger partial charge >= 0.3 is 0 Å². The van der Waals surface area contributed by atoms with Crippen molar-refractivity contribution in [3.63, 3.8) is 0 Å². The van der Waals surface area contributed by atoms with Crippen molar-refractivity contribution < 1.29 is 9.13 Å². The molecule has 38 heavy (non-hydrogen) atoms. The molecule has 0 saturated heterocycles. The van der Waals surface area contributed by atoms with Crippen LogP contribution in [0.25, 0.3) is 10.9 Å². The number of rotatable bonds is 9. The maximum absolute atomic E-state index is 13.5. The second-order valence-electron chi connectivity index (χ2n) is 9.47. The minimum Gasteiger partial charge on any atom is -0.497 e. The maximum Gasteiger partial charge on any atom is 0.252 e. The first kappa shape index (κ1) is 25.3. The number of fused-ring (bicyclic) bond motifs is 1. The van der Waals surface area contributed by atoms with E-state index in [-0.39, 0.29) is 11.4 Å². The molecule has 0 atom stereocenters. The van der Waals surface area contributed by atoms with Gasteiger partial charge in [-0.2, -0.15) is 0 Å². The molecular formula is C29H29FN6O2. The number of aromatic amines is 1. The lowest BCUT2D eigenvalue weighted by atomic mass is 10.0. The second kappa shape index (κ2) is 10.9. The zero-order valence-electron chi connectivity index (χ0n) is 21.6. The molecule has 0 aliphatic rings. The van der Waals surface area contributed by atoms with Crippen molar-refractivity contribution in [1.29, 1.82) is 0 Å². The quantitative estimate of drug-likeness (QED) is 0.312. The van der Waals surface area contributed by atoms with Crippen molar-refractivity contribution in [3.8, 4) is 5.75 Å². The Morgan fingerprint density at radius 3 is 2.42 bits per heavy atom. The summed E-state index contributed by atoms with van der Waals surface area (Å²) in [5.74, 6) is 1.15. The van der Waals surface area contributed by atoms with E-state index in [0.717, 1.165) is 38.9 Å². The van der Waals surface area contributed by atoms with Crippen LogP contribution in [0.3, 0.4) is 0 Å². The molecule has 0 aliphatic carbocycles. The highest BCUT2D eigenvalue weighted by molar-refractivity contribution is 5.83. The van der Waals surface area contributed by atoms with Crippen LogP contribution in [0.15, 0.2) is 71.5 Å². The van der Waals surface area contributed by atoms with Gasteiger partial charge in [0.25, 0.3) is 5.56 Å². The summed E-state index contributed by atoms with van der Waals surface area (Å²) in [6.07, 6.45) is 0. The number of methoxy groups -OCH3 is 1. The summed E-state index contributed by atoms with van der Waals surface area (Å²) >= 11 is 0. The predicted molar refractivity (Wildman–Crippen MR) is 143 cm³/mol. The van der Waals surface area contributed by atoms with E-state index in [4.69, 9.17) is 4.74 Å². The van der Waals surface area contributed by atoms with Crippen LogP contribution >= 0.6 is 0 Å². The Bertz CT molecular complexity index is 1610. The molecule has 0 bridgehead atoms. The van der Waals surface area contributed by atoms with Gasteiger partial charge in [-0.3, -0.25) is 9.69 Å². The summed E-state index contributed by atoms with van der Waals surface area (Å²) < 4.78 is 20.5. The third kappa shape index (κ3) is 5.63. The van der Waals surface area contributed by atoms with Crippen LogP contribution in [0.1, 0.15) is 33.6 Å². The molecule has 0 radical (unpaired) electrons. The SMILES string of the molecule is COc1ccc(Cn2nnnc2CN(Cc2ccc(F)cc2)Cc2cc3ccc(C)c(C)c3[nH]c2=O)cc1. The van der Waals surface area contributed by atoms with E-state index in [0.29, 0.717) is 37.6 Å². The topological polar surface area (TPSA) is 88.9 Å². The summed E-state index contributed by atoms with van der Waals surface area (Å²) in [6.45, 7) is 5.78. The average Bonchev–Trinajstić information content (AvgIpc) is 3.35. The van der Waals surface area contributed by atoms with E-state index in [1.165, 1.54) is 12.1 Å². The first-order chi connectivity index (χ1) is 18.4. The number of hydrogen-bond donors (Lipinski definition) is 1. The van der Waals surface area contributed by atoms with Gasteiger partial charge in [0.1, 0.15) is 11.6 Å². The van der Waals surface area contributed by atoms with E-state index in [1.54, 1.807) is 23.9 Å². The molecule has 194 valence electrons. The average molecular weight is 513 g/mol. The highest BCUT2D eigenvalue weighted by Crippen LogP contribution is 2.20. The number of nitrogens with zero attached hydrogens (tertiary/aromatic N) is 5. The fourth-order valence-electron chi connectivity index (χ4n) is 4.51. The van der Waals surface area contributed by atoms with Gasteiger partial charge in [-0.25, -0.2) is 9.07 Å². The first-order valence-corrected chi connectivity index (χ1v) is 12.4. The number of nitrogens with one attached hydrogen (secondary N) is 1. The molecule has 0 saturated carbocycles. The van der Waals surface area contributed by atoms with Crippen LogP contribution in [0.5, 0.6) is 5.75 Å². The molecular weight excluding hydrogens is 483 g/mol. The van der Waals surface area contributed by atoms with Crippen molar-refractivity contribution in [2.75, 3.05) is 7.11 Å². The van der Waals surface area contributed by atoms with Crippen molar-refractivity contribution in [2.45, 2.75) is 40.0 Å². The van der Waals surface area contributed by atoms with Gasteiger partial charge in [0.05, 0.1) is 25.7 Å². The van der Waals surface area contributed by atoms with Crippen LogP contribution in [-0.2, 0) is 26.2 Å². The third-order valence-corrected chi connectivity index (χ3v) is 6.80. The minimum atomic E-state index is -0.291. The molecule has 2 aromatic heterocycles. The van der Waals surface area contributed by atoms with Crippen molar-refractivity contribution in [3.05, 3.63) is 117 Å². The zero-order valence-corrected chi connectivity index (χ0v) is 21.6. The van der Waals surface area contributed by atoms with Gasteiger partial charge in [0.2, 0.25) is 0 Å². The highest BCUT2D eigenvalue weighted by Gasteiger charge is 2.17. The summed E-state index contributed by atoms with van der Waals surface area (Å²) in [7, 11) is 1.63. The summed E-state index contributed by atoms with van der Waals surface area (Å²) in [4.78, 5) is 18.3. The lowest BCUT2D eigenvalue weighted by molar-refractivity contribution is 0.236. The second-order valence-corrected chi connectivity index (χ2v) is 9.47. The molecule has 0 fully saturated rings. The Hall–Kier alpha value is -4.37. The fraction of sp³-hybridized carbons (Fsp3) is 0.241. The van der Waals surface area contributed by atoms with Crippen LogP contribution in [0.4, 0.5) is 4.39 Å². The normalized spacial score (nSPS) is 11.4. The largest absolute Gasteiger partial charge is 0.497 e. The van der Waals surface area contributed by atoms with Crippen molar-refractivity contribution >= 4 is 10.9 Å². The maximum atomic E-state index is 13.5. The Kier molecular flexibility index (Phi) is 7.28. The Balaban J connectivity index is 1.43. The highest BCUT2D eigenvalue weighted by atomic mass is 19.1. The zero-order chi connectivity index (χ0) is 26.6. The van der Waals surface area contributed by atoms with E-state index in [9.17, 15) is 9.18 Å². The van der Waals surface area contributed by atoms with Crippen LogP contribution in [0.2, 0.25) is 0 Å². The molecule has 2 heterocycles. The number of tetrazole rings is 1. The van der Waals surface area contributed by atoms with Gasteiger partial charge in [-0.1, -0.05) is 36.4 Å². The van der Waals surface area contributed by atoms with E-state index < -0.39 is 0 Å². The van der Waals surface area contributed by atoms with Crippen LogP contribution < -0.4 is 10.3 Å². The Labute approximate surface area is 219 Å². The molecule has 0 aliphatic heterocycles. The van der Waals surface area contributed by atoms with Crippen molar-refractivity contribution in [2.24, 2.45) is 0 Å². The van der Waals surface area contributed by atoms with E-state index in [2.05, 4.69) is 31.5 Å². The number of aromatic nitrogens is 5. The van der Waals surface area contributed by atoms with Crippen LogP contribution in [-0.4, -0.2) is 37.2 Å². The van der Waals surface area contributed by atoms with Crippen LogP contribution in [0, 0.1) is 19.7 Å². The smallest absolute Gasteiger partial charge is 0.252 e. The molecule has 1 N–H and O–H groups in total. The number of hydrogen-bond acceptors (Lipinski definition) is 6. The number of pyridine rings is 1. The predicted octanol–water partition coefficient (Wildman–Crippen LogP) is 4.53. The minimum absolute atomic E-state index is 0.131. The molecule has 9 heteroatoms. The fourth-order valence-corrected chi connectivity index (χ4v) is 4.51. The van der Waals surface area contributed by atoms with Gasteiger partial charge in [0.15, 0.2) is 5.82 Å². The van der Waals surface area contributed by atoms with E-state index >= 15 is 0 Å². The van der Waals surface area contributed by atoms with Gasteiger partial charge < -0.3 is 9.72 Å². The number of benzene rings is 3. The molecule has 0 amide bonds. The summed E-state index contributed by atoms with van der Waals surface area (Å²) in [5.41, 5.74) is 5.50. The summed E-state index contributed by atoms with van der Waals surface area (Å²) in [6, 6.07) is 20.1. The third-order valence-electron chi connectivity index (χ3n) is 6.80. The molecule has 5 aromatic rings. The van der Waals surface area contributed by atoms with Crippen molar-refractivity contribution in [1.82, 2.24) is 30.1 Å². The number of H-pyrrole nitrogens is 1. The summed E-state index contributed by atoms with van der Waals surface area (Å²) in [5, 5.41) is 13.3. The Morgan fingerprint density at radius 2 is 1.68 bits per heavy atom. The molecule has 8 nitrogen and oxygen atoms in total. The number of halogens is 1. The van der Waals surface area contributed by atoms with E-state index in [1.807, 2.05) is 50.2 Å².